The number of aryl methyl sites for hydroxylation is 1. The molecule has 4 nitrogen and oxygen atoms in total. The molecular formula is C19H19ClF3N3O. The summed E-state index contributed by atoms with van der Waals surface area (Å²) in [7, 11) is 1.62. The monoisotopic (exact) mass is 397 g/mol. The highest BCUT2D eigenvalue weighted by molar-refractivity contribution is 6.32. The number of nitrogens with zero attached hydrogens (tertiary/aromatic N) is 2. The highest BCUT2D eigenvalue weighted by Gasteiger charge is 2.63. The lowest BCUT2D eigenvalue weighted by atomic mass is 9.73. The predicted octanol–water partition coefficient (Wildman–Crippen LogP) is 4.63. The second kappa shape index (κ2) is 5.50. The molecule has 2 unspecified atom stereocenters. The summed E-state index contributed by atoms with van der Waals surface area (Å²) < 4.78 is 41.2. The number of carbonyl (C=O) groups excluding carboxylic acids is 1. The molecule has 1 aromatic carbocycles. The molecule has 1 saturated carbocycles. The van der Waals surface area contributed by atoms with Crippen LogP contribution in [0.15, 0.2) is 24.4 Å². The lowest BCUT2D eigenvalue weighted by Gasteiger charge is -2.40. The van der Waals surface area contributed by atoms with Crippen LogP contribution in [0.4, 0.5) is 13.2 Å². The maximum absolute atomic E-state index is 13.3. The Balaban J connectivity index is 1.82. The third-order valence-corrected chi connectivity index (χ3v) is 6.88. The Hall–Kier alpha value is -2.02. The number of fused-ring (bicyclic) bond motifs is 5. The minimum atomic E-state index is -4.43. The van der Waals surface area contributed by atoms with Crippen LogP contribution in [0.2, 0.25) is 5.15 Å². The minimum Gasteiger partial charge on any atom is -0.342 e. The quantitative estimate of drug-likeness (QED) is 0.802. The van der Waals surface area contributed by atoms with Gasteiger partial charge in [0.05, 0.1) is 22.9 Å². The Morgan fingerprint density at radius 1 is 1.37 bits per heavy atom. The molecule has 1 N–H and O–H groups in total. The van der Waals surface area contributed by atoms with Gasteiger partial charge in [-0.05, 0) is 47.4 Å². The van der Waals surface area contributed by atoms with E-state index < -0.39 is 28.6 Å². The SMILES string of the molecule is Cn1ncc(C(=O)NC23CCC(c4ccc(C(F)(F)F)cc42)C3(C)C)c1Cl. The van der Waals surface area contributed by atoms with Crippen molar-refractivity contribution in [1.29, 1.82) is 0 Å². The van der Waals surface area contributed by atoms with Gasteiger partial charge in [0.25, 0.3) is 5.91 Å². The van der Waals surface area contributed by atoms with Gasteiger partial charge in [-0.25, -0.2) is 0 Å². The van der Waals surface area contributed by atoms with Crippen LogP contribution in [0, 0.1) is 5.41 Å². The number of aromatic nitrogens is 2. The molecule has 2 bridgehead atoms. The number of nitrogens with one attached hydrogen (secondary N) is 1. The van der Waals surface area contributed by atoms with E-state index in [1.165, 1.54) is 16.9 Å². The molecule has 0 saturated heterocycles. The summed E-state index contributed by atoms with van der Waals surface area (Å²) >= 11 is 6.14. The van der Waals surface area contributed by atoms with Crippen molar-refractivity contribution in [3.63, 3.8) is 0 Å². The third-order valence-electron chi connectivity index (χ3n) is 6.43. The van der Waals surface area contributed by atoms with Crippen LogP contribution >= 0.6 is 11.6 Å². The van der Waals surface area contributed by atoms with E-state index in [-0.39, 0.29) is 16.6 Å². The summed E-state index contributed by atoms with van der Waals surface area (Å²) in [6, 6.07) is 3.89. The lowest BCUT2D eigenvalue weighted by Crippen LogP contribution is -2.51. The number of rotatable bonds is 2. The van der Waals surface area contributed by atoms with E-state index in [9.17, 15) is 18.0 Å². The van der Waals surface area contributed by atoms with Crippen LogP contribution in [0.5, 0.6) is 0 Å². The molecule has 4 rings (SSSR count). The zero-order valence-electron chi connectivity index (χ0n) is 15.1. The number of alkyl halides is 3. The Morgan fingerprint density at radius 2 is 2.07 bits per heavy atom. The van der Waals surface area contributed by atoms with Gasteiger partial charge in [0.15, 0.2) is 0 Å². The van der Waals surface area contributed by atoms with E-state index in [2.05, 4.69) is 10.4 Å². The van der Waals surface area contributed by atoms with Crippen LogP contribution < -0.4 is 5.32 Å². The van der Waals surface area contributed by atoms with Crippen LogP contribution in [-0.4, -0.2) is 15.7 Å². The smallest absolute Gasteiger partial charge is 0.342 e. The van der Waals surface area contributed by atoms with Gasteiger partial charge in [-0.1, -0.05) is 31.5 Å². The van der Waals surface area contributed by atoms with Crippen molar-refractivity contribution in [3.8, 4) is 0 Å². The maximum Gasteiger partial charge on any atom is 0.416 e. The van der Waals surface area contributed by atoms with E-state index in [4.69, 9.17) is 11.6 Å². The van der Waals surface area contributed by atoms with Crippen molar-refractivity contribution >= 4 is 17.5 Å². The molecule has 2 aliphatic rings. The summed E-state index contributed by atoms with van der Waals surface area (Å²) in [6.45, 7) is 4.01. The Kier molecular flexibility index (Phi) is 3.74. The third kappa shape index (κ3) is 2.37. The predicted molar refractivity (Wildman–Crippen MR) is 94.6 cm³/mol. The van der Waals surface area contributed by atoms with Crippen molar-refractivity contribution in [1.82, 2.24) is 15.1 Å². The highest BCUT2D eigenvalue weighted by atomic mass is 35.5. The van der Waals surface area contributed by atoms with Crippen molar-refractivity contribution in [2.75, 3.05) is 0 Å². The molecule has 8 heteroatoms. The fourth-order valence-electron chi connectivity index (χ4n) is 4.90. The largest absolute Gasteiger partial charge is 0.416 e. The molecule has 1 heterocycles. The van der Waals surface area contributed by atoms with Crippen molar-refractivity contribution in [3.05, 3.63) is 51.8 Å². The summed E-state index contributed by atoms with van der Waals surface area (Å²) in [6.07, 6.45) is -1.66. The first-order valence-electron chi connectivity index (χ1n) is 8.70. The van der Waals surface area contributed by atoms with E-state index in [0.29, 0.717) is 12.0 Å². The molecule has 0 spiro atoms. The van der Waals surface area contributed by atoms with E-state index >= 15 is 0 Å². The van der Waals surface area contributed by atoms with Gasteiger partial charge in [0.2, 0.25) is 0 Å². The van der Waals surface area contributed by atoms with Crippen LogP contribution in [-0.2, 0) is 18.8 Å². The fourth-order valence-corrected chi connectivity index (χ4v) is 5.08. The lowest BCUT2D eigenvalue weighted by molar-refractivity contribution is -0.137. The summed E-state index contributed by atoms with van der Waals surface area (Å²) in [5, 5.41) is 7.20. The van der Waals surface area contributed by atoms with Crippen LogP contribution in [0.3, 0.4) is 0 Å². The summed E-state index contributed by atoms with van der Waals surface area (Å²) in [5.74, 6) is -0.327. The van der Waals surface area contributed by atoms with Gasteiger partial charge in [-0.15, -0.1) is 0 Å². The molecule has 0 radical (unpaired) electrons. The van der Waals surface area contributed by atoms with Crippen LogP contribution in [0.1, 0.15) is 59.7 Å². The maximum atomic E-state index is 13.3. The molecule has 27 heavy (non-hydrogen) atoms. The molecule has 144 valence electrons. The number of amides is 1. The molecular weight excluding hydrogens is 379 g/mol. The number of benzene rings is 1. The normalized spacial score (nSPS) is 25.5. The number of hydrogen-bond acceptors (Lipinski definition) is 2. The Bertz CT molecular complexity index is 950. The average Bonchev–Trinajstić information content (AvgIpc) is 3.10. The van der Waals surface area contributed by atoms with E-state index in [0.717, 1.165) is 18.1 Å². The summed E-state index contributed by atoms with van der Waals surface area (Å²) in [5.41, 5.74) is -0.316. The fraction of sp³-hybridized carbons (Fsp3) is 0.474. The highest BCUT2D eigenvalue weighted by Crippen LogP contribution is 2.67. The molecule has 0 aliphatic heterocycles. The molecule has 1 amide bonds. The van der Waals surface area contributed by atoms with Crippen molar-refractivity contribution < 1.29 is 18.0 Å². The van der Waals surface area contributed by atoms with Gasteiger partial charge in [-0.2, -0.15) is 18.3 Å². The van der Waals surface area contributed by atoms with E-state index in [1.54, 1.807) is 13.1 Å². The second-order valence-corrected chi connectivity index (χ2v) is 8.30. The second-order valence-electron chi connectivity index (χ2n) is 7.94. The summed E-state index contributed by atoms with van der Waals surface area (Å²) in [4.78, 5) is 12.9. The molecule has 1 fully saturated rings. The standard InChI is InChI=1S/C19H19ClF3N3O/c1-17(2)13-6-7-18(17,25-16(27)12-9-24-26(3)15(12)20)14-8-10(19(21,22)23)4-5-11(13)14/h4-5,8-9,13H,6-7H2,1-3H3,(H,25,27). The van der Waals surface area contributed by atoms with E-state index in [1.807, 2.05) is 13.8 Å². The van der Waals surface area contributed by atoms with Gasteiger partial charge >= 0.3 is 6.18 Å². The zero-order valence-corrected chi connectivity index (χ0v) is 15.9. The number of carbonyl (C=O) groups is 1. The van der Waals surface area contributed by atoms with Crippen molar-refractivity contribution in [2.45, 2.75) is 44.3 Å². The van der Waals surface area contributed by atoms with Gasteiger partial charge in [0.1, 0.15) is 5.15 Å². The van der Waals surface area contributed by atoms with Gasteiger partial charge in [0, 0.05) is 7.05 Å². The topological polar surface area (TPSA) is 46.9 Å². The first-order valence-corrected chi connectivity index (χ1v) is 9.08. The molecule has 1 aromatic heterocycles. The Labute approximate surface area is 159 Å². The molecule has 2 atom stereocenters. The van der Waals surface area contributed by atoms with Crippen LogP contribution in [0.25, 0.3) is 0 Å². The average molecular weight is 398 g/mol. The van der Waals surface area contributed by atoms with Crippen molar-refractivity contribution in [2.24, 2.45) is 12.5 Å². The zero-order chi connectivity index (χ0) is 19.8. The first kappa shape index (κ1) is 18.3. The van der Waals surface area contributed by atoms with Gasteiger partial charge < -0.3 is 5.32 Å². The number of hydrogen-bond donors (Lipinski definition) is 1. The van der Waals surface area contributed by atoms with Gasteiger partial charge in [-0.3, -0.25) is 9.48 Å². The molecule has 2 aliphatic carbocycles. The first-order chi connectivity index (χ1) is 12.5. The minimum absolute atomic E-state index is 0.0967. The number of halogens is 4. The molecule has 2 aromatic rings. The Morgan fingerprint density at radius 3 is 2.67 bits per heavy atom.